The molecule has 236 valence electrons. The molecule has 0 unspecified atom stereocenters. The molecule has 0 saturated heterocycles. The van der Waals surface area contributed by atoms with Crippen LogP contribution in [-0.4, -0.2) is 101 Å². The third-order valence-electron chi connectivity index (χ3n) is 7.16. The number of benzene rings is 1. The second-order valence-corrected chi connectivity index (χ2v) is 10.1. The maximum Gasteiger partial charge on any atom is 0.308 e. The molecule has 5 amide bonds. The number of ether oxygens (including phenoxy) is 1. The average Bonchev–Trinajstić information content (AvgIpc) is 3.68. The zero-order valence-corrected chi connectivity index (χ0v) is 24.7. The Balaban J connectivity index is 1.75. The Bertz CT molecular complexity index is 1400. The van der Waals surface area contributed by atoms with Crippen LogP contribution in [0.15, 0.2) is 24.3 Å². The molecule has 0 fully saturated rings. The predicted molar refractivity (Wildman–Crippen MR) is 151 cm³/mol. The number of para-hydroxylation sites is 1. The van der Waals surface area contributed by atoms with Gasteiger partial charge in [-0.3, -0.25) is 38.5 Å². The monoisotopic (exact) mass is 613 g/mol. The van der Waals surface area contributed by atoms with E-state index in [2.05, 4.69) is 46.6 Å². The average molecular weight is 614 g/mol. The van der Waals surface area contributed by atoms with Crippen LogP contribution >= 0.6 is 0 Å². The number of nitrogens with one attached hydrogen (secondary N) is 5. The number of H-pyrrole nitrogens is 1. The third-order valence-corrected chi connectivity index (χ3v) is 7.16. The van der Waals surface area contributed by atoms with Gasteiger partial charge >= 0.3 is 5.97 Å². The molecule has 5 N–H and O–H groups in total. The minimum atomic E-state index is -1.54. The van der Waals surface area contributed by atoms with Crippen LogP contribution in [0.3, 0.4) is 0 Å². The Kier molecular flexibility index (Phi) is 11.6. The van der Waals surface area contributed by atoms with Gasteiger partial charge in [-0.25, -0.2) is 0 Å². The van der Waals surface area contributed by atoms with Crippen LogP contribution in [0.25, 0.3) is 0 Å². The summed E-state index contributed by atoms with van der Waals surface area (Å²) in [5.74, 6) is -5.65. The van der Waals surface area contributed by atoms with E-state index in [0.29, 0.717) is 17.7 Å². The van der Waals surface area contributed by atoms with Gasteiger partial charge in [0.1, 0.15) is 18.1 Å². The summed E-state index contributed by atoms with van der Waals surface area (Å²) in [6.07, 6.45) is -0.204. The van der Waals surface area contributed by atoms with Gasteiger partial charge in [0.2, 0.25) is 29.4 Å². The molecule has 1 aromatic carbocycles. The summed E-state index contributed by atoms with van der Waals surface area (Å²) in [7, 11) is 2.32. The highest BCUT2D eigenvalue weighted by atomic mass is 16.5. The predicted octanol–water partition coefficient (Wildman–Crippen LogP) is -2.29. The lowest BCUT2D eigenvalue weighted by atomic mass is 9.98. The van der Waals surface area contributed by atoms with Gasteiger partial charge in [-0.1, -0.05) is 43.7 Å². The standard InChI is InChI=1S/C27H35N9O8/c1-5-14(2)23(31-20(37)12-19-32-34-35-33-19)26(42)29-13-21(38)36-17-9-7-6-8-15(17)10-18(36)25(41)30-16(11-22(39)44-4)24(40)27(43)28-3/h6-9,14,16,18,23H,5,10-13H2,1-4H3,(H,28,43)(H,29,42)(H,30,41)(H,31,37)(H,32,33,34,35)/t14-,16-,18-,23-/m0/s1. The number of tetrazole rings is 1. The highest BCUT2D eigenvalue weighted by molar-refractivity contribution is 6.38. The molecule has 0 saturated carbocycles. The fraction of sp³-hybridized carbons (Fsp3) is 0.481. The molecule has 0 aliphatic carbocycles. The number of anilines is 1. The van der Waals surface area contributed by atoms with Crippen molar-refractivity contribution in [3.63, 3.8) is 0 Å². The topological polar surface area (TPSA) is 235 Å². The SMILES string of the molecule is CC[C@H](C)[C@H](NC(=O)Cc1nn[nH]n1)C(=O)NCC(=O)N1c2ccccc2C[C@H]1C(=O)N[C@@H](CC(=O)OC)C(=O)C(=O)NC. The molecule has 17 heteroatoms. The summed E-state index contributed by atoms with van der Waals surface area (Å²) in [6.45, 7) is 3.09. The van der Waals surface area contributed by atoms with Crippen molar-refractivity contribution in [3.05, 3.63) is 35.7 Å². The van der Waals surface area contributed by atoms with Gasteiger partial charge in [-0.2, -0.15) is 5.21 Å². The maximum absolute atomic E-state index is 13.5. The number of carbonyl (C=O) groups is 7. The van der Waals surface area contributed by atoms with Crippen molar-refractivity contribution >= 4 is 47.0 Å². The molecule has 0 spiro atoms. The van der Waals surface area contributed by atoms with Crippen molar-refractivity contribution in [3.8, 4) is 0 Å². The summed E-state index contributed by atoms with van der Waals surface area (Å²) in [5.41, 5.74) is 1.07. The van der Waals surface area contributed by atoms with Gasteiger partial charge in [-0.05, 0) is 17.5 Å². The van der Waals surface area contributed by atoms with Crippen LogP contribution in [0.4, 0.5) is 5.69 Å². The molecule has 3 rings (SSSR count). The minimum Gasteiger partial charge on any atom is -0.469 e. The normalized spacial score (nSPS) is 15.6. The molecule has 2 heterocycles. The Morgan fingerprint density at radius 1 is 1.11 bits per heavy atom. The lowest BCUT2D eigenvalue weighted by molar-refractivity contribution is -0.145. The van der Waals surface area contributed by atoms with Crippen molar-refractivity contribution < 1.29 is 38.3 Å². The number of nitrogens with zero attached hydrogens (tertiary/aromatic N) is 4. The lowest BCUT2D eigenvalue weighted by Crippen LogP contribution is -2.56. The van der Waals surface area contributed by atoms with E-state index >= 15 is 0 Å². The van der Waals surface area contributed by atoms with E-state index in [9.17, 15) is 33.6 Å². The second-order valence-electron chi connectivity index (χ2n) is 10.1. The number of hydrogen-bond acceptors (Lipinski definition) is 11. The number of Topliss-reactive ketones (excluding diaryl/α,β-unsaturated/α-hetero) is 1. The van der Waals surface area contributed by atoms with E-state index in [1.54, 1.807) is 31.2 Å². The Morgan fingerprint density at radius 2 is 1.84 bits per heavy atom. The Morgan fingerprint density at radius 3 is 2.48 bits per heavy atom. The van der Waals surface area contributed by atoms with Gasteiger partial charge in [0.05, 0.1) is 26.5 Å². The van der Waals surface area contributed by atoms with Gasteiger partial charge in [0, 0.05) is 19.2 Å². The number of methoxy groups -OCH3 is 1. The van der Waals surface area contributed by atoms with Crippen molar-refractivity contribution in [2.45, 2.75) is 57.7 Å². The van der Waals surface area contributed by atoms with E-state index in [1.165, 1.54) is 11.9 Å². The molecule has 2 aromatic rings. The molecule has 1 aliphatic heterocycles. The smallest absolute Gasteiger partial charge is 0.308 e. The number of hydrogen-bond donors (Lipinski definition) is 5. The number of aromatic amines is 1. The molecule has 17 nitrogen and oxygen atoms in total. The van der Waals surface area contributed by atoms with Crippen LogP contribution in [-0.2, 0) is 51.1 Å². The van der Waals surface area contributed by atoms with Crippen molar-refractivity contribution in [2.75, 3.05) is 25.6 Å². The van der Waals surface area contributed by atoms with Crippen LogP contribution in [0.2, 0.25) is 0 Å². The zero-order chi connectivity index (χ0) is 32.4. The van der Waals surface area contributed by atoms with E-state index in [4.69, 9.17) is 0 Å². The summed E-state index contributed by atoms with van der Waals surface area (Å²) in [4.78, 5) is 90.4. The summed E-state index contributed by atoms with van der Waals surface area (Å²) in [5, 5.41) is 22.8. The first kappa shape index (κ1) is 33.3. The maximum atomic E-state index is 13.5. The third kappa shape index (κ3) is 8.20. The fourth-order valence-corrected chi connectivity index (χ4v) is 4.60. The van der Waals surface area contributed by atoms with Crippen molar-refractivity contribution in [2.24, 2.45) is 5.92 Å². The van der Waals surface area contributed by atoms with Crippen LogP contribution in [0.1, 0.15) is 38.1 Å². The number of likely N-dealkylation sites (N-methyl/N-ethyl adjacent to an activating group) is 1. The largest absolute Gasteiger partial charge is 0.469 e. The van der Waals surface area contributed by atoms with Gasteiger partial charge in [-0.15, -0.1) is 10.2 Å². The number of esters is 1. The number of carbonyl (C=O) groups excluding carboxylic acids is 7. The number of aromatic nitrogens is 4. The number of ketones is 1. The second kappa shape index (κ2) is 15.3. The molecular formula is C27H35N9O8. The summed E-state index contributed by atoms with van der Waals surface area (Å²) in [6, 6.07) is 3.08. The Labute approximate surface area is 252 Å². The molecule has 1 aromatic heterocycles. The van der Waals surface area contributed by atoms with Crippen molar-refractivity contribution in [1.82, 2.24) is 41.9 Å². The van der Waals surface area contributed by atoms with E-state index in [1.807, 2.05) is 6.92 Å². The highest BCUT2D eigenvalue weighted by Gasteiger charge is 2.40. The minimum absolute atomic E-state index is 0.0719. The molecule has 1 aliphatic rings. The van der Waals surface area contributed by atoms with Crippen molar-refractivity contribution in [1.29, 1.82) is 0 Å². The van der Waals surface area contributed by atoms with Crippen LogP contribution in [0.5, 0.6) is 0 Å². The van der Waals surface area contributed by atoms with Crippen LogP contribution in [0, 0.1) is 5.92 Å². The molecular weight excluding hydrogens is 578 g/mol. The zero-order valence-electron chi connectivity index (χ0n) is 24.7. The van der Waals surface area contributed by atoms with Gasteiger partial charge < -0.3 is 26.0 Å². The summed E-state index contributed by atoms with van der Waals surface area (Å²) >= 11 is 0. The van der Waals surface area contributed by atoms with Gasteiger partial charge in [0.25, 0.3) is 5.91 Å². The van der Waals surface area contributed by atoms with E-state index < -0.39 is 72.4 Å². The molecule has 44 heavy (non-hydrogen) atoms. The van der Waals surface area contributed by atoms with E-state index in [-0.39, 0.29) is 24.6 Å². The first-order valence-electron chi connectivity index (χ1n) is 13.8. The molecule has 4 atom stereocenters. The first-order chi connectivity index (χ1) is 21.0. The lowest BCUT2D eigenvalue weighted by Gasteiger charge is -2.27. The van der Waals surface area contributed by atoms with Gasteiger partial charge in [0.15, 0.2) is 5.82 Å². The quantitative estimate of drug-likeness (QED) is 0.112. The molecule has 0 bridgehead atoms. The number of fused-ring (bicyclic) bond motifs is 1. The highest BCUT2D eigenvalue weighted by Crippen LogP contribution is 2.32. The summed E-state index contributed by atoms with van der Waals surface area (Å²) < 4.78 is 4.59. The molecule has 0 radical (unpaired) electrons. The fourth-order valence-electron chi connectivity index (χ4n) is 4.60. The number of amides is 5. The first-order valence-corrected chi connectivity index (χ1v) is 13.8. The Hall–Kier alpha value is -5.22. The van der Waals surface area contributed by atoms with E-state index in [0.717, 1.165) is 7.11 Å². The van der Waals surface area contributed by atoms with Crippen LogP contribution < -0.4 is 26.2 Å². The number of rotatable bonds is 14.